The first kappa shape index (κ1) is 16.5. The van der Waals surface area contributed by atoms with E-state index in [1.165, 1.54) is 6.08 Å². The predicted molar refractivity (Wildman–Crippen MR) is 95.0 cm³/mol. The van der Waals surface area contributed by atoms with E-state index in [4.69, 9.17) is 23.2 Å². The standard InChI is InChI=1S/C17H14Cl2N4O/c1-11(17-22-21-15-7-2-3-10-23(15)17)20-16(24)9-8-12-13(18)5-4-6-14(12)19/h2-11H,1H3,(H,20,24)/b9-8+. The lowest BCUT2D eigenvalue weighted by atomic mass is 10.2. The Bertz CT molecular complexity index is 900. The predicted octanol–water partition coefficient (Wildman–Crippen LogP) is 3.93. The largest absolute Gasteiger partial charge is 0.343 e. The van der Waals surface area contributed by atoms with Gasteiger partial charge in [-0.3, -0.25) is 9.20 Å². The number of aromatic nitrogens is 3. The molecule has 0 aliphatic heterocycles. The number of carbonyl (C=O) groups excluding carboxylic acids is 1. The van der Waals surface area contributed by atoms with Gasteiger partial charge in [0, 0.05) is 27.9 Å². The first-order valence-corrected chi connectivity index (χ1v) is 8.04. The van der Waals surface area contributed by atoms with E-state index in [1.54, 1.807) is 24.3 Å². The highest BCUT2D eigenvalue weighted by Gasteiger charge is 2.14. The zero-order chi connectivity index (χ0) is 17.1. The Balaban J connectivity index is 1.74. The molecule has 1 aromatic carbocycles. The van der Waals surface area contributed by atoms with Gasteiger partial charge in [0.1, 0.15) is 0 Å². The number of carbonyl (C=O) groups is 1. The summed E-state index contributed by atoms with van der Waals surface area (Å²) in [4.78, 5) is 12.1. The van der Waals surface area contributed by atoms with Crippen molar-refractivity contribution in [2.75, 3.05) is 0 Å². The zero-order valence-electron chi connectivity index (χ0n) is 12.8. The van der Waals surface area contributed by atoms with Gasteiger partial charge in [0.2, 0.25) is 5.91 Å². The highest BCUT2D eigenvalue weighted by molar-refractivity contribution is 6.37. The molecule has 1 atom stereocenters. The van der Waals surface area contributed by atoms with Gasteiger partial charge in [0.15, 0.2) is 11.5 Å². The Kier molecular flexibility index (Phi) is 4.83. The van der Waals surface area contributed by atoms with Crippen LogP contribution in [-0.2, 0) is 4.79 Å². The minimum atomic E-state index is -0.304. The summed E-state index contributed by atoms with van der Waals surface area (Å²) < 4.78 is 1.83. The summed E-state index contributed by atoms with van der Waals surface area (Å²) in [5.41, 5.74) is 1.34. The molecule has 0 bridgehead atoms. The molecule has 0 fully saturated rings. The number of nitrogens with one attached hydrogen (secondary N) is 1. The third-order valence-corrected chi connectivity index (χ3v) is 4.15. The van der Waals surface area contributed by atoms with Crippen LogP contribution in [0.1, 0.15) is 24.4 Å². The van der Waals surface area contributed by atoms with Gasteiger partial charge in [-0.15, -0.1) is 10.2 Å². The Labute approximate surface area is 148 Å². The number of nitrogens with zero attached hydrogens (tertiary/aromatic N) is 3. The average Bonchev–Trinajstić information content (AvgIpc) is 2.98. The molecule has 2 aromatic heterocycles. The van der Waals surface area contributed by atoms with Crippen molar-refractivity contribution in [3.63, 3.8) is 0 Å². The molecular weight excluding hydrogens is 347 g/mol. The second-order valence-electron chi connectivity index (χ2n) is 5.19. The molecule has 7 heteroatoms. The molecule has 1 amide bonds. The van der Waals surface area contributed by atoms with Gasteiger partial charge in [0.05, 0.1) is 6.04 Å². The van der Waals surface area contributed by atoms with Crippen molar-refractivity contribution in [3.8, 4) is 0 Å². The van der Waals surface area contributed by atoms with Gasteiger partial charge in [0.25, 0.3) is 0 Å². The van der Waals surface area contributed by atoms with E-state index >= 15 is 0 Å². The number of amides is 1. The van der Waals surface area contributed by atoms with E-state index in [9.17, 15) is 4.79 Å². The van der Waals surface area contributed by atoms with Crippen LogP contribution in [0.15, 0.2) is 48.7 Å². The second-order valence-corrected chi connectivity index (χ2v) is 6.00. The number of pyridine rings is 1. The second kappa shape index (κ2) is 7.03. The number of benzene rings is 1. The minimum absolute atomic E-state index is 0.272. The maximum Gasteiger partial charge on any atom is 0.244 e. The van der Waals surface area contributed by atoms with Crippen molar-refractivity contribution in [2.24, 2.45) is 0 Å². The van der Waals surface area contributed by atoms with Crippen LogP contribution < -0.4 is 5.32 Å². The zero-order valence-corrected chi connectivity index (χ0v) is 14.3. The fourth-order valence-corrected chi connectivity index (χ4v) is 2.83. The topological polar surface area (TPSA) is 59.3 Å². The molecule has 3 aromatic rings. The Morgan fingerprint density at radius 1 is 1.17 bits per heavy atom. The molecule has 1 unspecified atom stereocenters. The summed E-state index contributed by atoms with van der Waals surface area (Å²) >= 11 is 12.2. The number of hydrogen-bond donors (Lipinski definition) is 1. The maximum atomic E-state index is 12.1. The van der Waals surface area contributed by atoms with Crippen LogP contribution in [0, 0.1) is 0 Å². The normalized spacial score (nSPS) is 12.6. The van der Waals surface area contributed by atoms with Gasteiger partial charge in [-0.1, -0.05) is 35.3 Å². The summed E-state index contributed by atoms with van der Waals surface area (Å²) in [7, 11) is 0. The van der Waals surface area contributed by atoms with Crippen molar-refractivity contribution in [1.29, 1.82) is 0 Å². The van der Waals surface area contributed by atoms with Crippen molar-refractivity contribution in [2.45, 2.75) is 13.0 Å². The Hall–Kier alpha value is -2.37. The van der Waals surface area contributed by atoms with E-state index in [2.05, 4.69) is 15.5 Å². The van der Waals surface area contributed by atoms with Gasteiger partial charge < -0.3 is 5.32 Å². The van der Waals surface area contributed by atoms with Gasteiger partial charge in [-0.25, -0.2) is 0 Å². The van der Waals surface area contributed by atoms with Crippen LogP contribution in [0.5, 0.6) is 0 Å². The lowest BCUT2D eigenvalue weighted by molar-refractivity contribution is -0.117. The maximum absolute atomic E-state index is 12.1. The van der Waals surface area contributed by atoms with Crippen LogP contribution in [0.2, 0.25) is 10.0 Å². The summed E-state index contributed by atoms with van der Waals surface area (Å²) in [5, 5.41) is 12.0. The quantitative estimate of drug-likeness (QED) is 0.717. The van der Waals surface area contributed by atoms with E-state index in [1.807, 2.05) is 35.7 Å². The summed E-state index contributed by atoms with van der Waals surface area (Å²) in [6.45, 7) is 1.84. The molecular formula is C17H14Cl2N4O. The van der Waals surface area contributed by atoms with E-state index in [-0.39, 0.29) is 11.9 Å². The molecule has 0 saturated carbocycles. The van der Waals surface area contributed by atoms with Crippen LogP contribution in [0.25, 0.3) is 11.7 Å². The number of hydrogen-bond acceptors (Lipinski definition) is 3. The monoisotopic (exact) mass is 360 g/mol. The Morgan fingerprint density at radius 3 is 2.67 bits per heavy atom. The molecule has 1 N–H and O–H groups in total. The lowest BCUT2D eigenvalue weighted by Crippen LogP contribution is -2.26. The molecule has 5 nitrogen and oxygen atoms in total. The summed E-state index contributed by atoms with van der Waals surface area (Å²) in [6, 6.07) is 10.5. The van der Waals surface area contributed by atoms with Crippen molar-refractivity contribution in [3.05, 3.63) is 70.1 Å². The van der Waals surface area contributed by atoms with Crippen molar-refractivity contribution < 1.29 is 4.79 Å². The smallest absolute Gasteiger partial charge is 0.244 e. The van der Waals surface area contributed by atoms with Gasteiger partial charge in [-0.05, 0) is 37.3 Å². The average molecular weight is 361 g/mol. The molecule has 0 aliphatic carbocycles. The summed E-state index contributed by atoms with van der Waals surface area (Å²) in [6.07, 6.45) is 4.84. The highest BCUT2D eigenvalue weighted by atomic mass is 35.5. The van der Waals surface area contributed by atoms with E-state index in [0.717, 1.165) is 5.65 Å². The van der Waals surface area contributed by atoms with Crippen LogP contribution in [-0.4, -0.2) is 20.5 Å². The first-order valence-electron chi connectivity index (χ1n) is 7.28. The van der Waals surface area contributed by atoms with Gasteiger partial charge in [-0.2, -0.15) is 0 Å². The number of fused-ring (bicyclic) bond motifs is 1. The number of rotatable bonds is 4. The Morgan fingerprint density at radius 2 is 1.92 bits per heavy atom. The molecule has 3 rings (SSSR count). The summed E-state index contributed by atoms with van der Waals surface area (Å²) in [5.74, 6) is 0.384. The van der Waals surface area contributed by atoms with E-state index < -0.39 is 0 Å². The molecule has 0 spiro atoms. The molecule has 0 radical (unpaired) electrons. The lowest BCUT2D eigenvalue weighted by Gasteiger charge is -2.10. The molecule has 2 heterocycles. The highest BCUT2D eigenvalue weighted by Crippen LogP contribution is 2.25. The molecule has 24 heavy (non-hydrogen) atoms. The van der Waals surface area contributed by atoms with Crippen molar-refractivity contribution >= 4 is 40.8 Å². The van der Waals surface area contributed by atoms with E-state index in [0.29, 0.717) is 21.4 Å². The van der Waals surface area contributed by atoms with Crippen LogP contribution in [0.4, 0.5) is 0 Å². The van der Waals surface area contributed by atoms with Crippen LogP contribution >= 0.6 is 23.2 Å². The first-order chi connectivity index (χ1) is 11.6. The molecule has 0 saturated heterocycles. The van der Waals surface area contributed by atoms with Gasteiger partial charge >= 0.3 is 0 Å². The molecule has 122 valence electrons. The SMILES string of the molecule is CC(NC(=O)/C=C/c1c(Cl)cccc1Cl)c1nnc2ccccn12. The fourth-order valence-electron chi connectivity index (χ4n) is 2.31. The molecule has 0 aliphatic rings. The van der Waals surface area contributed by atoms with Crippen LogP contribution in [0.3, 0.4) is 0 Å². The minimum Gasteiger partial charge on any atom is -0.343 e. The third kappa shape index (κ3) is 3.42. The van der Waals surface area contributed by atoms with Crippen molar-refractivity contribution in [1.82, 2.24) is 19.9 Å². The third-order valence-electron chi connectivity index (χ3n) is 3.49. The number of halogens is 2. The fraction of sp³-hybridized carbons (Fsp3) is 0.118.